The first-order valence-corrected chi connectivity index (χ1v) is 12.5. The van der Waals surface area contributed by atoms with Gasteiger partial charge in [-0.15, -0.1) is 0 Å². The Labute approximate surface area is 209 Å². The van der Waals surface area contributed by atoms with E-state index in [9.17, 15) is 19.5 Å². The van der Waals surface area contributed by atoms with Crippen LogP contribution in [0.3, 0.4) is 0 Å². The normalized spacial score (nSPS) is 35.4. The molecule has 4 heterocycles. The Kier molecular flexibility index (Phi) is 6.23. The number of carbonyl (C=O) groups is 3. The molecule has 9 heteroatoms. The quantitative estimate of drug-likeness (QED) is 0.504. The highest BCUT2D eigenvalue weighted by Gasteiger charge is 2.75. The van der Waals surface area contributed by atoms with E-state index in [1.807, 2.05) is 25.2 Å². The number of likely N-dealkylation sites (tertiary alicyclic amines) is 1. The first kappa shape index (κ1) is 24.0. The fourth-order valence-corrected chi connectivity index (χ4v) is 6.20. The highest BCUT2D eigenvalue weighted by molar-refractivity contribution is 6.30. The predicted molar refractivity (Wildman–Crippen MR) is 129 cm³/mol. The lowest BCUT2D eigenvalue weighted by Crippen LogP contribution is -2.56. The second-order valence-corrected chi connectivity index (χ2v) is 9.85. The molecule has 4 aliphatic heterocycles. The van der Waals surface area contributed by atoms with Crippen molar-refractivity contribution in [1.29, 1.82) is 0 Å². The number of halogens is 1. The third-order valence-electron chi connectivity index (χ3n) is 7.61. The van der Waals surface area contributed by atoms with Gasteiger partial charge < -0.3 is 24.4 Å². The smallest absolute Gasteiger partial charge is 0.313 e. The minimum absolute atomic E-state index is 0.0458. The number of anilines is 1. The third-order valence-corrected chi connectivity index (χ3v) is 7.86. The number of hydrogen-bond acceptors (Lipinski definition) is 6. The summed E-state index contributed by atoms with van der Waals surface area (Å²) in [6, 6.07) is 5.86. The lowest BCUT2D eigenvalue weighted by molar-refractivity contribution is -0.159. The molecule has 4 aliphatic rings. The van der Waals surface area contributed by atoms with Crippen molar-refractivity contribution >= 4 is 35.1 Å². The molecule has 2 amide bonds. The van der Waals surface area contributed by atoms with E-state index in [2.05, 4.69) is 0 Å². The molecule has 35 heavy (non-hydrogen) atoms. The Hall–Kier alpha value is -2.68. The molecule has 5 rings (SSSR count). The van der Waals surface area contributed by atoms with Crippen molar-refractivity contribution < 1.29 is 29.0 Å². The number of rotatable bonds is 4. The Balaban J connectivity index is 1.66. The minimum Gasteiger partial charge on any atom is -0.465 e. The topological polar surface area (TPSA) is 96.4 Å². The number of aliphatic hydroxyl groups excluding tert-OH is 1. The van der Waals surface area contributed by atoms with Crippen LogP contribution in [0.4, 0.5) is 5.69 Å². The summed E-state index contributed by atoms with van der Waals surface area (Å²) in [6.07, 6.45) is 9.30. The van der Waals surface area contributed by atoms with E-state index in [-0.39, 0.29) is 38.1 Å². The van der Waals surface area contributed by atoms with Gasteiger partial charge in [0.2, 0.25) is 5.91 Å². The van der Waals surface area contributed by atoms with Gasteiger partial charge >= 0.3 is 5.97 Å². The number of nitrogens with zero attached hydrogens (tertiary/aromatic N) is 2. The zero-order chi connectivity index (χ0) is 24.8. The number of ether oxygens (including phenoxy) is 2. The van der Waals surface area contributed by atoms with Crippen LogP contribution in [0.1, 0.15) is 26.2 Å². The number of hydrogen-bond donors (Lipinski definition) is 1. The lowest BCUT2D eigenvalue weighted by atomic mass is 9.73. The average molecular weight is 501 g/mol. The number of esters is 1. The molecule has 186 valence electrons. The molecule has 2 fully saturated rings. The van der Waals surface area contributed by atoms with Crippen molar-refractivity contribution in [3.63, 3.8) is 0 Å². The van der Waals surface area contributed by atoms with Crippen LogP contribution in [0, 0.1) is 11.8 Å². The summed E-state index contributed by atoms with van der Waals surface area (Å²) in [4.78, 5) is 44.4. The summed E-state index contributed by atoms with van der Waals surface area (Å²) < 4.78 is 12.4. The number of cyclic esters (lactones) is 1. The standard InChI is InChI=1S/C26H29ClN2O6/c1-2-25-11-4-3-5-16-34-24(33)20(25)19-22(31)29(14-15-30)21-23(32)28(13-6-12-26(19,21)35-25)18-9-7-17(27)8-10-18/h4,6-12,19-21,30H,2-3,5,13-16H2,1H3/b11-4-/t19-,20+,21?,25-,26-/m0/s1. The van der Waals surface area contributed by atoms with Crippen LogP contribution in [0.15, 0.2) is 48.6 Å². The molecule has 0 saturated carbocycles. The highest BCUT2D eigenvalue weighted by atomic mass is 35.5. The largest absolute Gasteiger partial charge is 0.465 e. The molecule has 1 unspecified atom stereocenters. The van der Waals surface area contributed by atoms with E-state index >= 15 is 0 Å². The number of allylic oxidation sites excluding steroid dienone is 1. The van der Waals surface area contributed by atoms with Gasteiger partial charge in [-0.3, -0.25) is 14.4 Å². The maximum atomic E-state index is 14.1. The molecular weight excluding hydrogens is 472 g/mol. The summed E-state index contributed by atoms with van der Waals surface area (Å²) in [5.74, 6) is -3.06. The van der Waals surface area contributed by atoms with E-state index < -0.39 is 35.0 Å². The molecule has 5 atom stereocenters. The van der Waals surface area contributed by atoms with E-state index in [0.29, 0.717) is 23.6 Å². The van der Waals surface area contributed by atoms with Gasteiger partial charge in [0.25, 0.3) is 5.91 Å². The van der Waals surface area contributed by atoms with Gasteiger partial charge in [0.15, 0.2) is 0 Å². The second-order valence-electron chi connectivity index (χ2n) is 9.42. The summed E-state index contributed by atoms with van der Waals surface area (Å²) in [7, 11) is 0. The fraction of sp³-hybridized carbons (Fsp3) is 0.500. The first-order valence-electron chi connectivity index (χ1n) is 12.1. The van der Waals surface area contributed by atoms with E-state index in [1.165, 1.54) is 4.90 Å². The fourth-order valence-electron chi connectivity index (χ4n) is 6.08. The molecule has 0 aromatic heterocycles. The SMILES string of the molecule is CC[C@]12/C=C\CCCOC(=O)[C@H]1[C@H]1C(=O)N(CCO)C3C(=O)N(c4ccc(Cl)cc4)CC=C[C@@]31O2. The van der Waals surface area contributed by atoms with E-state index in [4.69, 9.17) is 21.1 Å². The zero-order valence-corrected chi connectivity index (χ0v) is 20.3. The zero-order valence-electron chi connectivity index (χ0n) is 19.6. The van der Waals surface area contributed by atoms with Crippen LogP contribution in [0.5, 0.6) is 0 Å². The first-order chi connectivity index (χ1) is 16.9. The second kappa shape index (κ2) is 9.08. The van der Waals surface area contributed by atoms with Crippen LogP contribution in [0.25, 0.3) is 0 Å². The number of β-amino-alcohol motifs (C(OH)–C–C–N with tert-alkyl or cyclic N) is 1. The lowest BCUT2D eigenvalue weighted by Gasteiger charge is -2.38. The van der Waals surface area contributed by atoms with Crippen molar-refractivity contribution in [1.82, 2.24) is 4.90 Å². The molecule has 1 aromatic carbocycles. The molecule has 1 N–H and O–H groups in total. The van der Waals surface area contributed by atoms with Crippen molar-refractivity contribution in [3.05, 3.63) is 53.6 Å². The van der Waals surface area contributed by atoms with Crippen LogP contribution in [-0.4, -0.2) is 71.3 Å². The minimum atomic E-state index is -1.37. The monoisotopic (exact) mass is 500 g/mol. The number of benzene rings is 1. The van der Waals surface area contributed by atoms with Crippen molar-refractivity contribution in [2.24, 2.45) is 11.8 Å². The van der Waals surface area contributed by atoms with Crippen LogP contribution in [0.2, 0.25) is 5.02 Å². The van der Waals surface area contributed by atoms with Gasteiger partial charge in [0, 0.05) is 23.8 Å². The number of fused-ring (bicyclic) bond motifs is 2. The Bertz CT molecular complexity index is 1090. The summed E-state index contributed by atoms with van der Waals surface area (Å²) in [5.41, 5.74) is -1.81. The predicted octanol–water partition coefficient (Wildman–Crippen LogP) is 2.49. The summed E-state index contributed by atoms with van der Waals surface area (Å²) in [5, 5.41) is 10.3. The Morgan fingerprint density at radius 2 is 1.86 bits per heavy atom. The third kappa shape index (κ3) is 3.61. The Morgan fingerprint density at radius 3 is 2.57 bits per heavy atom. The van der Waals surface area contributed by atoms with Crippen LogP contribution < -0.4 is 4.90 Å². The molecule has 2 saturated heterocycles. The molecule has 0 radical (unpaired) electrons. The average Bonchev–Trinajstić information content (AvgIpc) is 3.22. The number of amides is 2. The Morgan fingerprint density at radius 1 is 1.09 bits per heavy atom. The number of carbonyl (C=O) groups excluding carboxylic acids is 3. The summed E-state index contributed by atoms with van der Waals surface area (Å²) in [6.45, 7) is 2.07. The molecule has 1 spiro atoms. The van der Waals surface area contributed by atoms with Crippen LogP contribution >= 0.6 is 11.6 Å². The van der Waals surface area contributed by atoms with Crippen molar-refractivity contribution in [2.45, 2.75) is 43.4 Å². The molecular formula is C26H29ClN2O6. The van der Waals surface area contributed by atoms with Gasteiger partial charge in [-0.25, -0.2) is 0 Å². The highest BCUT2D eigenvalue weighted by Crippen LogP contribution is 2.58. The van der Waals surface area contributed by atoms with Gasteiger partial charge in [-0.2, -0.15) is 0 Å². The number of aliphatic hydroxyl groups is 1. The van der Waals surface area contributed by atoms with Crippen LogP contribution in [-0.2, 0) is 23.9 Å². The van der Waals surface area contributed by atoms with Crippen molar-refractivity contribution in [2.75, 3.05) is 31.2 Å². The maximum absolute atomic E-state index is 14.1. The molecule has 8 nitrogen and oxygen atoms in total. The van der Waals surface area contributed by atoms with Gasteiger partial charge in [0.05, 0.1) is 19.1 Å². The molecule has 0 bridgehead atoms. The van der Waals surface area contributed by atoms with Crippen molar-refractivity contribution in [3.8, 4) is 0 Å². The molecule has 1 aromatic rings. The van der Waals surface area contributed by atoms with E-state index in [0.717, 1.165) is 6.42 Å². The van der Waals surface area contributed by atoms with Gasteiger partial charge in [-0.1, -0.05) is 42.8 Å². The summed E-state index contributed by atoms with van der Waals surface area (Å²) >= 11 is 6.05. The van der Waals surface area contributed by atoms with E-state index in [1.54, 1.807) is 35.2 Å². The molecule has 0 aliphatic carbocycles. The van der Waals surface area contributed by atoms with Gasteiger partial charge in [0.1, 0.15) is 23.2 Å². The van der Waals surface area contributed by atoms with Gasteiger partial charge in [-0.05, 0) is 43.5 Å². The maximum Gasteiger partial charge on any atom is 0.313 e.